The number of carbonyl (C=O) groups is 2. The highest BCUT2D eigenvalue weighted by Gasteiger charge is 2.21. The van der Waals surface area contributed by atoms with Crippen molar-refractivity contribution in [3.8, 4) is 0 Å². The second-order valence-corrected chi connectivity index (χ2v) is 8.58. The number of rotatable bonds is 8. The van der Waals surface area contributed by atoms with E-state index in [4.69, 9.17) is 0 Å². The van der Waals surface area contributed by atoms with Crippen LogP contribution in [0.4, 0.5) is 5.69 Å². The van der Waals surface area contributed by atoms with Crippen LogP contribution in [-0.2, 0) is 11.2 Å². The number of nitrogens with zero attached hydrogens (tertiary/aromatic N) is 2. The fourth-order valence-corrected chi connectivity index (χ4v) is 4.39. The van der Waals surface area contributed by atoms with Crippen LogP contribution in [-0.4, -0.2) is 21.6 Å². The summed E-state index contributed by atoms with van der Waals surface area (Å²) in [6.45, 7) is 6.17. The summed E-state index contributed by atoms with van der Waals surface area (Å²) in [5, 5.41) is 7.52. The number of benzene rings is 1. The second-order valence-electron chi connectivity index (χ2n) is 8.58. The lowest BCUT2D eigenvalue weighted by Crippen LogP contribution is -2.24. The maximum Gasteiger partial charge on any atom is 0.278 e. The summed E-state index contributed by atoms with van der Waals surface area (Å²) in [6.07, 6.45) is 11.2. The monoisotopic (exact) mass is 409 g/mol. The van der Waals surface area contributed by atoms with Gasteiger partial charge < -0.3 is 5.32 Å². The van der Waals surface area contributed by atoms with E-state index >= 15 is 0 Å². The normalized spacial score (nSPS) is 14.6. The minimum absolute atomic E-state index is 0.0973. The van der Waals surface area contributed by atoms with Crippen LogP contribution in [0.15, 0.2) is 24.3 Å². The molecule has 0 radical (unpaired) electrons. The van der Waals surface area contributed by atoms with Crippen LogP contribution < -0.4 is 5.32 Å². The number of amides is 1. The van der Waals surface area contributed by atoms with Gasteiger partial charge in [-0.1, -0.05) is 45.4 Å². The molecule has 162 valence electrons. The van der Waals surface area contributed by atoms with E-state index in [1.807, 2.05) is 26.0 Å². The molecular weight excluding hydrogens is 374 g/mol. The van der Waals surface area contributed by atoms with Crippen LogP contribution in [0.25, 0.3) is 0 Å². The zero-order valence-electron chi connectivity index (χ0n) is 18.7. The first-order valence-corrected chi connectivity index (χ1v) is 11.5. The van der Waals surface area contributed by atoms with Crippen molar-refractivity contribution in [3.05, 3.63) is 46.8 Å². The molecule has 0 bridgehead atoms. The molecule has 2 aromatic rings. The molecule has 30 heavy (non-hydrogen) atoms. The van der Waals surface area contributed by atoms with E-state index in [9.17, 15) is 9.59 Å². The Morgan fingerprint density at radius 1 is 1.03 bits per heavy atom. The molecule has 0 atom stereocenters. The molecule has 0 aliphatic heterocycles. The van der Waals surface area contributed by atoms with Crippen molar-refractivity contribution >= 4 is 17.5 Å². The molecule has 1 amide bonds. The number of aryl methyl sites for hydroxylation is 1. The van der Waals surface area contributed by atoms with Crippen LogP contribution in [0.2, 0.25) is 0 Å². The van der Waals surface area contributed by atoms with Crippen LogP contribution in [0.3, 0.4) is 0 Å². The van der Waals surface area contributed by atoms with Crippen molar-refractivity contribution < 1.29 is 9.59 Å². The van der Waals surface area contributed by atoms with E-state index in [0.717, 1.165) is 55.6 Å². The molecule has 1 heterocycles. The molecule has 1 aliphatic carbocycles. The van der Waals surface area contributed by atoms with Crippen molar-refractivity contribution in [1.82, 2.24) is 9.78 Å². The maximum atomic E-state index is 13.0. The van der Waals surface area contributed by atoms with E-state index < -0.39 is 0 Å². The van der Waals surface area contributed by atoms with E-state index in [1.54, 1.807) is 12.1 Å². The van der Waals surface area contributed by atoms with Gasteiger partial charge in [0.2, 0.25) is 5.91 Å². The Balaban J connectivity index is 1.65. The molecule has 1 fully saturated rings. The Labute approximate surface area is 180 Å². The van der Waals surface area contributed by atoms with Crippen LogP contribution in [0, 0.1) is 19.8 Å². The number of nitrogens with one attached hydrogen (secondary N) is 1. The highest BCUT2D eigenvalue weighted by molar-refractivity contribution is 5.97. The number of anilines is 1. The first kappa shape index (κ1) is 22.3. The highest BCUT2D eigenvalue weighted by Crippen LogP contribution is 2.25. The molecule has 1 aromatic heterocycles. The van der Waals surface area contributed by atoms with Crippen molar-refractivity contribution in [2.75, 3.05) is 5.32 Å². The number of aromatic nitrogens is 2. The summed E-state index contributed by atoms with van der Waals surface area (Å²) in [4.78, 5) is 25.4. The van der Waals surface area contributed by atoms with Gasteiger partial charge in [-0.2, -0.15) is 5.10 Å². The average molecular weight is 410 g/mol. The molecule has 5 heteroatoms. The standard InChI is InChI=1S/C25H35N3O2/c1-4-5-6-10-13-23-18(2)27-28(19(23)3)25(30)21-14-16-22(17-15-21)26-24(29)20-11-8-7-9-12-20/h14-17,20H,4-13H2,1-3H3,(H,26,29). The summed E-state index contributed by atoms with van der Waals surface area (Å²) >= 11 is 0. The third-order valence-electron chi connectivity index (χ3n) is 6.29. The van der Waals surface area contributed by atoms with Crippen LogP contribution in [0.1, 0.15) is 92.0 Å². The van der Waals surface area contributed by atoms with E-state index in [2.05, 4.69) is 17.3 Å². The zero-order chi connectivity index (χ0) is 21.5. The molecule has 1 aliphatic rings. The molecule has 5 nitrogen and oxygen atoms in total. The Hall–Kier alpha value is -2.43. The fraction of sp³-hybridized carbons (Fsp3) is 0.560. The third-order valence-corrected chi connectivity index (χ3v) is 6.29. The summed E-state index contributed by atoms with van der Waals surface area (Å²) in [7, 11) is 0. The quantitative estimate of drug-likeness (QED) is 0.558. The van der Waals surface area contributed by atoms with Gasteiger partial charge in [-0.15, -0.1) is 0 Å². The number of carbonyl (C=O) groups excluding carboxylic acids is 2. The summed E-state index contributed by atoms with van der Waals surface area (Å²) in [5.74, 6) is 0.0890. The molecule has 0 spiro atoms. The Morgan fingerprint density at radius 3 is 2.40 bits per heavy atom. The predicted molar refractivity (Wildman–Crippen MR) is 121 cm³/mol. The van der Waals surface area contributed by atoms with Gasteiger partial charge in [-0.05, 0) is 69.4 Å². The Morgan fingerprint density at radius 2 is 1.73 bits per heavy atom. The average Bonchev–Trinajstić information content (AvgIpc) is 3.05. The minimum atomic E-state index is -0.124. The van der Waals surface area contributed by atoms with Gasteiger partial charge in [0.15, 0.2) is 0 Å². The summed E-state index contributed by atoms with van der Waals surface area (Å²) < 4.78 is 1.53. The minimum Gasteiger partial charge on any atom is -0.326 e. The number of hydrogen-bond acceptors (Lipinski definition) is 3. The van der Waals surface area contributed by atoms with Gasteiger partial charge >= 0.3 is 0 Å². The predicted octanol–water partition coefficient (Wildman–Crippen LogP) is 5.83. The van der Waals surface area contributed by atoms with E-state index in [-0.39, 0.29) is 17.7 Å². The van der Waals surface area contributed by atoms with Gasteiger partial charge in [0.1, 0.15) is 0 Å². The first-order valence-electron chi connectivity index (χ1n) is 11.5. The van der Waals surface area contributed by atoms with Crippen LogP contribution >= 0.6 is 0 Å². The largest absolute Gasteiger partial charge is 0.326 e. The number of hydrogen-bond donors (Lipinski definition) is 1. The smallest absolute Gasteiger partial charge is 0.278 e. The van der Waals surface area contributed by atoms with E-state index in [1.165, 1.54) is 35.9 Å². The Kier molecular flexibility index (Phi) is 7.83. The highest BCUT2D eigenvalue weighted by atomic mass is 16.2. The summed E-state index contributed by atoms with van der Waals surface area (Å²) in [5.41, 5.74) is 4.38. The maximum absolute atomic E-state index is 13.0. The molecule has 0 unspecified atom stereocenters. The molecule has 0 saturated heterocycles. The second kappa shape index (κ2) is 10.6. The van der Waals surface area contributed by atoms with Crippen molar-refractivity contribution in [2.45, 2.75) is 85.0 Å². The molecule has 1 aromatic carbocycles. The third kappa shape index (κ3) is 5.38. The van der Waals surface area contributed by atoms with Gasteiger partial charge in [0, 0.05) is 22.9 Å². The first-order chi connectivity index (χ1) is 14.5. The lowest BCUT2D eigenvalue weighted by atomic mass is 9.88. The van der Waals surface area contributed by atoms with Gasteiger partial charge in [0.25, 0.3) is 5.91 Å². The molecule has 1 N–H and O–H groups in total. The molecule has 3 rings (SSSR count). The lowest BCUT2D eigenvalue weighted by Gasteiger charge is -2.20. The van der Waals surface area contributed by atoms with Crippen molar-refractivity contribution in [2.24, 2.45) is 5.92 Å². The lowest BCUT2D eigenvalue weighted by molar-refractivity contribution is -0.120. The fourth-order valence-electron chi connectivity index (χ4n) is 4.39. The van der Waals surface area contributed by atoms with Crippen molar-refractivity contribution in [3.63, 3.8) is 0 Å². The molecular formula is C25H35N3O2. The topological polar surface area (TPSA) is 64.0 Å². The van der Waals surface area contributed by atoms with Gasteiger partial charge in [0.05, 0.1) is 5.69 Å². The van der Waals surface area contributed by atoms with Gasteiger partial charge in [-0.3, -0.25) is 9.59 Å². The van der Waals surface area contributed by atoms with Crippen molar-refractivity contribution in [1.29, 1.82) is 0 Å². The summed E-state index contributed by atoms with van der Waals surface area (Å²) in [6, 6.07) is 7.17. The Bertz CT molecular complexity index is 861. The van der Waals surface area contributed by atoms with Crippen LogP contribution in [0.5, 0.6) is 0 Å². The zero-order valence-corrected chi connectivity index (χ0v) is 18.7. The van der Waals surface area contributed by atoms with Gasteiger partial charge in [-0.25, -0.2) is 4.68 Å². The number of unbranched alkanes of at least 4 members (excludes halogenated alkanes) is 3. The van der Waals surface area contributed by atoms with E-state index in [0.29, 0.717) is 5.56 Å². The SMILES string of the molecule is CCCCCCc1c(C)nn(C(=O)c2ccc(NC(=O)C3CCCCC3)cc2)c1C. The molecule has 1 saturated carbocycles.